The number of hydrogen-bond donors (Lipinski definition) is 0. The van der Waals surface area contributed by atoms with Crippen molar-refractivity contribution in [3.63, 3.8) is 0 Å². The Morgan fingerprint density at radius 1 is 1.15 bits per heavy atom. The molecule has 2 amide bonds. The van der Waals surface area contributed by atoms with Crippen LogP contribution in [0.1, 0.15) is 65.2 Å². The molecule has 34 heavy (non-hydrogen) atoms. The number of rotatable bonds is 3. The molecule has 4 aliphatic rings. The molecule has 0 bridgehead atoms. The summed E-state index contributed by atoms with van der Waals surface area (Å²) in [6.07, 6.45) is 9.51. The Morgan fingerprint density at radius 2 is 1.97 bits per heavy atom. The topological polar surface area (TPSA) is 39.1 Å². The summed E-state index contributed by atoms with van der Waals surface area (Å²) in [5.74, 6) is 8.30. The second-order valence-electron chi connectivity index (χ2n) is 10.7. The molecule has 3 atom stereocenters. The van der Waals surface area contributed by atoms with E-state index in [0.29, 0.717) is 11.6 Å². The Kier molecular flexibility index (Phi) is 6.66. The number of piperidine rings is 1. The number of hydrogen-bond acceptors (Lipinski definition) is 3. The van der Waals surface area contributed by atoms with E-state index in [1.165, 1.54) is 50.7 Å². The number of nitrogens with zero attached hydrogens (tertiary/aromatic N) is 4. The minimum atomic E-state index is -0.526. The van der Waals surface area contributed by atoms with E-state index in [-0.39, 0.29) is 17.9 Å². The van der Waals surface area contributed by atoms with Crippen molar-refractivity contribution in [3.05, 3.63) is 30.1 Å². The third-order valence-electron chi connectivity index (χ3n) is 8.67. The molecule has 182 valence electrons. The molecule has 6 heteroatoms. The fourth-order valence-electron chi connectivity index (χ4n) is 6.93. The second kappa shape index (κ2) is 9.70. The lowest BCUT2D eigenvalue weighted by molar-refractivity contribution is 0.142. The zero-order valence-electron chi connectivity index (χ0n) is 20.6. The summed E-state index contributed by atoms with van der Waals surface area (Å²) in [5.41, 5.74) is 0.0859. The number of amidine groups is 1. The van der Waals surface area contributed by atoms with E-state index in [1.807, 2.05) is 13.0 Å². The molecular weight excluding hydrogens is 427 g/mol. The van der Waals surface area contributed by atoms with E-state index in [4.69, 9.17) is 4.99 Å². The van der Waals surface area contributed by atoms with Crippen molar-refractivity contribution in [2.24, 2.45) is 16.8 Å². The molecule has 1 aromatic rings. The fourth-order valence-corrected chi connectivity index (χ4v) is 6.93. The van der Waals surface area contributed by atoms with Crippen LogP contribution >= 0.6 is 0 Å². The molecule has 2 saturated heterocycles. The summed E-state index contributed by atoms with van der Waals surface area (Å²) in [5, 5.41) is 0. The summed E-state index contributed by atoms with van der Waals surface area (Å²) in [6.45, 7) is 7.63. The van der Waals surface area contributed by atoms with Gasteiger partial charge in [0.15, 0.2) is 0 Å². The molecule has 1 aromatic carbocycles. The highest BCUT2D eigenvalue weighted by atomic mass is 19.1. The fraction of sp³-hybridized carbons (Fsp3) is 0.643. The maximum Gasteiger partial charge on any atom is 0.350 e. The Hall–Kier alpha value is -2.39. The third-order valence-corrected chi connectivity index (χ3v) is 8.67. The lowest BCUT2D eigenvalue weighted by Crippen LogP contribution is -2.63. The molecule has 0 N–H and O–H groups in total. The van der Waals surface area contributed by atoms with E-state index in [2.05, 4.69) is 28.6 Å². The third kappa shape index (κ3) is 4.24. The van der Waals surface area contributed by atoms with Gasteiger partial charge in [0.05, 0.1) is 6.54 Å². The highest BCUT2D eigenvalue weighted by Crippen LogP contribution is 2.44. The van der Waals surface area contributed by atoms with Crippen molar-refractivity contribution in [2.75, 3.05) is 31.1 Å². The van der Waals surface area contributed by atoms with E-state index in [0.717, 1.165) is 50.8 Å². The average Bonchev–Trinajstić information content (AvgIpc) is 3.42. The monoisotopic (exact) mass is 464 g/mol. The van der Waals surface area contributed by atoms with Gasteiger partial charge in [-0.2, -0.15) is 4.99 Å². The van der Waals surface area contributed by atoms with Crippen molar-refractivity contribution < 1.29 is 9.18 Å². The minimum absolute atomic E-state index is 0.249. The quantitative estimate of drug-likeness (QED) is 0.569. The highest BCUT2D eigenvalue weighted by molar-refractivity contribution is 6.16. The molecule has 1 spiro atoms. The van der Waals surface area contributed by atoms with Gasteiger partial charge < -0.3 is 4.90 Å². The maximum atomic E-state index is 14.2. The van der Waals surface area contributed by atoms with Crippen molar-refractivity contribution >= 4 is 17.6 Å². The van der Waals surface area contributed by atoms with Crippen molar-refractivity contribution in [1.82, 2.24) is 9.80 Å². The Labute approximate surface area is 203 Å². The van der Waals surface area contributed by atoms with Gasteiger partial charge in [-0.25, -0.2) is 9.18 Å². The molecule has 3 fully saturated rings. The summed E-state index contributed by atoms with van der Waals surface area (Å²) < 4.78 is 14.2. The first-order chi connectivity index (χ1) is 16.5. The summed E-state index contributed by atoms with van der Waals surface area (Å²) in [4.78, 5) is 24.7. The predicted octanol–water partition coefficient (Wildman–Crippen LogP) is 5.31. The highest BCUT2D eigenvalue weighted by Gasteiger charge is 2.55. The van der Waals surface area contributed by atoms with E-state index in [9.17, 15) is 9.18 Å². The first kappa shape index (κ1) is 23.4. The Balaban J connectivity index is 1.45. The number of benzene rings is 1. The predicted molar refractivity (Wildman–Crippen MR) is 134 cm³/mol. The molecule has 1 aliphatic carbocycles. The second-order valence-corrected chi connectivity index (χ2v) is 10.7. The van der Waals surface area contributed by atoms with Crippen molar-refractivity contribution in [3.8, 4) is 11.8 Å². The molecular formula is C28H37FN4O. The molecule has 3 unspecified atom stereocenters. The number of amides is 2. The van der Waals surface area contributed by atoms with Gasteiger partial charge in [-0.05, 0) is 63.1 Å². The maximum absolute atomic E-state index is 14.2. The Morgan fingerprint density at radius 3 is 2.71 bits per heavy atom. The lowest BCUT2D eigenvalue weighted by atomic mass is 9.79. The van der Waals surface area contributed by atoms with Gasteiger partial charge in [-0.3, -0.25) is 9.80 Å². The van der Waals surface area contributed by atoms with Gasteiger partial charge in [0.25, 0.3) is 0 Å². The number of likely N-dealkylation sites (tertiary alicyclic amines) is 2. The lowest BCUT2D eigenvalue weighted by Gasteiger charge is -2.49. The molecule has 5 rings (SSSR count). The van der Waals surface area contributed by atoms with Crippen LogP contribution in [0.4, 0.5) is 14.9 Å². The normalized spacial score (nSPS) is 30.6. The van der Waals surface area contributed by atoms with E-state index in [1.54, 1.807) is 11.0 Å². The van der Waals surface area contributed by atoms with Crippen LogP contribution in [0.5, 0.6) is 0 Å². The zero-order chi connectivity index (χ0) is 23.7. The van der Waals surface area contributed by atoms with Gasteiger partial charge in [0.1, 0.15) is 17.2 Å². The smallest absolute Gasteiger partial charge is 0.350 e. The number of urea groups is 1. The van der Waals surface area contributed by atoms with Crippen LogP contribution in [-0.4, -0.2) is 59.4 Å². The van der Waals surface area contributed by atoms with Gasteiger partial charge in [0.2, 0.25) is 0 Å². The van der Waals surface area contributed by atoms with Crippen LogP contribution in [0.25, 0.3) is 0 Å². The summed E-state index contributed by atoms with van der Waals surface area (Å²) >= 11 is 0. The molecule has 3 heterocycles. The average molecular weight is 465 g/mol. The molecule has 3 aliphatic heterocycles. The SMILES string of the molecule is CC#CCN1CCC2(CC1C)C(N1CCC(C3CCCCC3)C1)=NC(=O)N2c1cccc(F)c1. The van der Waals surface area contributed by atoms with E-state index >= 15 is 0 Å². The standard InChI is InChI=1S/C28H37FN4O/c1-3-4-15-31-17-14-28(19-21(31)2)26(30-27(34)33(28)25-12-8-11-24(29)18-25)32-16-13-23(20-32)22-9-6-5-7-10-22/h8,11-12,18,21-23H,5-7,9-10,13-17,19-20H2,1-2H3. The van der Waals surface area contributed by atoms with Crippen LogP contribution < -0.4 is 4.90 Å². The van der Waals surface area contributed by atoms with Gasteiger partial charge in [-0.15, -0.1) is 5.92 Å². The van der Waals surface area contributed by atoms with Gasteiger partial charge in [-0.1, -0.05) is 44.1 Å². The number of carbonyl (C=O) groups excluding carboxylic acids is 1. The van der Waals surface area contributed by atoms with Crippen LogP contribution in [0.2, 0.25) is 0 Å². The van der Waals surface area contributed by atoms with Crippen LogP contribution in [0, 0.1) is 29.5 Å². The summed E-state index contributed by atoms with van der Waals surface area (Å²) in [6, 6.07) is 6.44. The molecule has 0 aromatic heterocycles. The largest absolute Gasteiger partial charge is 0.358 e. The van der Waals surface area contributed by atoms with Crippen LogP contribution in [-0.2, 0) is 0 Å². The van der Waals surface area contributed by atoms with Gasteiger partial charge >= 0.3 is 6.03 Å². The molecule has 1 saturated carbocycles. The summed E-state index contributed by atoms with van der Waals surface area (Å²) in [7, 11) is 0. The van der Waals surface area contributed by atoms with Crippen LogP contribution in [0.15, 0.2) is 29.3 Å². The number of anilines is 1. The van der Waals surface area contributed by atoms with Crippen molar-refractivity contribution in [1.29, 1.82) is 0 Å². The van der Waals surface area contributed by atoms with Crippen LogP contribution in [0.3, 0.4) is 0 Å². The number of halogens is 1. The molecule has 0 radical (unpaired) electrons. The first-order valence-corrected chi connectivity index (χ1v) is 13.1. The Bertz CT molecular complexity index is 1010. The number of carbonyl (C=O) groups is 1. The van der Waals surface area contributed by atoms with Gasteiger partial charge in [0, 0.05) is 31.4 Å². The van der Waals surface area contributed by atoms with Crippen molar-refractivity contribution in [2.45, 2.75) is 76.8 Å². The zero-order valence-corrected chi connectivity index (χ0v) is 20.6. The van der Waals surface area contributed by atoms with E-state index < -0.39 is 5.54 Å². The molecule has 5 nitrogen and oxygen atoms in total. The number of aliphatic imine (C=N–C) groups is 1. The first-order valence-electron chi connectivity index (χ1n) is 13.1. The minimum Gasteiger partial charge on any atom is -0.358 e.